The van der Waals surface area contributed by atoms with Gasteiger partial charge in [0.25, 0.3) is 0 Å². The second kappa shape index (κ2) is 5.36. The molecule has 0 aliphatic heterocycles. The normalized spacial score (nSPS) is 16.2. The molecule has 0 saturated carbocycles. The first-order chi connectivity index (χ1) is 6.81. The molecule has 0 heterocycles. The third kappa shape index (κ3) is 2.75. The lowest BCUT2D eigenvalue weighted by Gasteiger charge is -2.01. The van der Waals surface area contributed by atoms with E-state index < -0.39 is 12.8 Å². The fourth-order valence-corrected chi connectivity index (χ4v) is 0.607. The van der Waals surface area contributed by atoms with Gasteiger partial charge in [-0.15, -0.1) is 0 Å². The summed E-state index contributed by atoms with van der Waals surface area (Å²) < 4.78 is 25.7. The minimum absolute atomic E-state index is 0.158. The predicted molar refractivity (Wildman–Crippen MR) is 45.2 cm³/mol. The van der Waals surface area contributed by atoms with Crippen molar-refractivity contribution in [3.05, 3.63) is 11.1 Å². The van der Waals surface area contributed by atoms with Gasteiger partial charge in [0.2, 0.25) is 0 Å². The molecule has 0 saturated heterocycles. The van der Waals surface area contributed by atoms with Gasteiger partial charge in [-0.3, -0.25) is 0 Å². The maximum atomic E-state index is 11.2. The van der Waals surface area contributed by atoms with Crippen molar-refractivity contribution in [3.8, 4) is 6.07 Å². The third-order valence-corrected chi connectivity index (χ3v) is 1.28. The number of allylic oxidation sites excluding steroid dienone is 1. The molecule has 0 fully saturated rings. The average molecular weight is 170 g/mol. The van der Waals surface area contributed by atoms with Crippen molar-refractivity contribution in [1.82, 2.24) is 0 Å². The lowest BCUT2D eigenvalue weighted by atomic mass is 10.1. The number of carbonyl (C=O) groups is 1. The topological polar surface area (TPSA) is 50.1 Å². The van der Waals surface area contributed by atoms with Crippen LogP contribution in [0.25, 0.3) is 0 Å². The predicted octanol–water partition coefficient (Wildman–Crippen LogP) is 1.80. The Kier molecular flexibility index (Phi) is 2.79. The van der Waals surface area contributed by atoms with Crippen LogP contribution in [-0.4, -0.2) is 12.6 Å². The molecule has 0 radical (unpaired) electrons. The van der Waals surface area contributed by atoms with Crippen molar-refractivity contribution >= 4 is 5.97 Å². The molecule has 3 heteroatoms. The van der Waals surface area contributed by atoms with Crippen LogP contribution >= 0.6 is 0 Å². The molecule has 0 aromatic rings. The second-order valence-corrected chi connectivity index (χ2v) is 2.16. The summed E-state index contributed by atoms with van der Waals surface area (Å²) in [6.45, 7) is 1.04. The highest BCUT2D eigenvalue weighted by Crippen LogP contribution is 2.08. The standard InChI is InChI=1S/C9H13NO2/c1-4-7(3)8(6-10)9(11)12-5-2/h4-5H2,1-3H3/i1D3. The smallest absolute Gasteiger partial charge is 0.348 e. The van der Waals surface area contributed by atoms with Crippen LogP contribution in [0, 0.1) is 11.3 Å². The Bertz CT molecular complexity index is 312. The summed E-state index contributed by atoms with van der Waals surface area (Å²) in [6.07, 6.45) is -0.283. The first-order valence-corrected chi connectivity index (χ1v) is 3.58. The number of esters is 1. The van der Waals surface area contributed by atoms with Gasteiger partial charge in [0.1, 0.15) is 11.6 Å². The average Bonchev–Trinajstić information content (AvgIpc) is 2.02. The van der Waals surface area contributed by atoms with Crippen LogP contribution in [0.15, 0.2) is 11.1 Å². The van der Waals surface area contributed by atoms with Gasteiger partial charge in [-0.1, -0.05) is 6.85 Å². The number of nitriles is 1. The van der Waals surface area contributed by atoms with Crippen LogP contribution in [-0.2, 0) is 9.53 Å². The van der Waals surface area contributed by atoms with E-state index in [0.29, 0.717) is 0 Å². The molecule has 0 rings (SSSR count). The van der Waals surface area contributed by atoms with Gasteiger partial charge in [0.15, 0.2) is 0 Å². The summed E-state index contributed by atoms with van der Waals surface area (Å²) in [4.78, 5) is 11.2. The highest BCUT2D eigenvalue weighted by Gasteiger charge is 2.11. The lowest BCUT2D eigenvalue weighted by molar-refractivity contribution is -0.138. The molecule has 0 bridgehead atoms. The fraction of sp³-hybridized carbons (Fsp3) is 0.556. The van der Waals surface area contributed by atoms with E-state index in [1.165, 1.54) is 6.92 Å². The van der Waals surface area contributed by atoms with Crippen molar-refractivity contribution in [2.24, 2.45) is 0 Å². The SMILES string of the molecule is [2H]C([2H])([2H])CC(C)=C(C#N)C(=O)OCC. The molecule has 0 aromatic carbocycles. The third-order valence-electron chi connectivity index (χ3n) is 1.28. The maximum Gasteiger partial charge on any atom is 0.348 e. The minimum Gasteiger partial charge on any atom is -0.462 e. The zero-order valence-corrected chi connectivity index (χ0v) is 7.18. The summed E-state index contributed by atoms with van der Waals surface area (Å²) >= 11 is 0. The number of ether oxygens (including phenoxy) is 1. The zero-order chi connectivity index (χ0) is 12.1. The molecular formula is C9H13NO2. The van der Waals surface area contributed by atoms with Crippen molar-refractivity contribution < 1.29 is 13.6 Å². The summed E-state index contributed by atoms with van der Waals surface area (Å²) in [5, 5.41) is 8.70. The van der Waals surface area contributed by atoms with Crippen LogP contribution in [0.1, 0.15) is 31.2 Å². The van der Waals surface area contributed by atoms with E-state index in [2.05, 4.69) is 4.74 Å². The van der Waals surface area contributed by atoms with Gasteiger partial charge in [0, 0.05) is 4.11 Å². The van der Waals surface area contributed by atoms with E-state index in [-0.39, 0.29) is 24.2 Å². The quantitative estimate of drug-likeness (QED) is 0.368. The van der Waals surface area contributed by atoms with E-state index >= 15 is 0 Å². The summed E-state index contributed by atoms with van der Waals surface area (Å²) in [7, 11) is 0. The van der Waals surface area contributed by atoms with Crippen LogP contribution < -0.4 is 0 Å². The van der Waals surface area contributed by atoms with Crippen LogP contribution in [0.4, 0.5) is 0 Å². The van der Waals surface area contributed by atoms with E-state index in [1.807, 2.05) is 0 Å². The Morgan fingerprint density at radius 1 is 1.75 bits per heavy atom. The molecule has 0 atom stereocenters. The van der Waals surface area contributed by atoms with Gasteiger partial charge in [-0.05, 0) is 25.8 Å². The molecule has 3 nitrogen and oxygen atoms in total. The monoisotopic (exact) mass is 170 g/mol. The Balaban J connectivity index is 4.85. The molecule has 0 amide bonds. The number of nitrogens with zero attached hydrogens (tertiary/aromatic N) is 1. The van der Waals surface area contributed by atoms with Gasteiger partial charge in [0.05, 0.1) is 6.61 Å². The van der Waals surface area contributed by atoms with Gasteiger partial charge in [-0.2, -0.15) is 5.26 Å². The van der Waals surface area contributed by atoms with Gasteiger partial charge < -0.3 is 4.74 Å². The molecule has 0 spiro atoms. The Morgan fingerprint density at radius 3 is 2.83 bits per heavy atom. The highest BCUT2D eigenvalue weighted by molar-refractivity contribution is 5.93. The molecule has 0 aliphatic rings. The molecule has 12 heavy (non-hydrogen) atoms. The van der Waals surface area contributed by atoms with Crippen molar-refractivity contribution in [2.75, 3.05) is 6.61 Å². The number of hydrogen-bond acceptors (Lipinski definition) is 3. The van der Waals surface area contributed by atoms with Crippen molar-refractivity contribution in [3.63, 3.8) is 0 Å². The van der Waals surface area contributed by atoms with Gasteiger partial charge >= 0.3 is 5.97 Å². The maximum absolute atomic E-state index is 11.2. The zero-order valence-electron chi connectivity index (χ0n) is 10.2. The largest absolute Gasteiger partial charge is 0.462 e. The summed E-state index contributed by atoms with van der Waals surface area (Å²) in [5.74, 6) is -0.762. The first-order valence-electron chi connectivity index (χ1n) is 5.08. The molecule has 0 aromatic heterocycles. The van der Waals surface area contributed by atoms with E-state index in [1.54, 1.807) is 13.0 Å². The Labute approximate surface area is 76.9 Å². The molecular weight excluding hydrogens is 154 g/mol. The minimum atomic E-state index is -2.18. The Morgan fingerprint density at radius 2 is 2.42 bits per heavy atom. The number of rotatable bonds is 3. The van der Waals surface area contributed by atoms with Crippen LogP contribution in [0.3, 0.4) is 0 Å². The number of hydrogen-bond donors (Lipinski definition) is 0. The molecule has 0 unspecified atom stereocenters. The van der Waals surface area contributed by atoms with Gasteiger partial charge in [-0.25, -0.2) is 4.79 Å². The lowest BCUT2D eigenvalue weighted by Crippen LogP contribution is -2.07. The summed E-state index contributed by atoms with van der Waals surface area (Å²) in [5.41, 5.74) is 0.0175. The summed E-state index contributed by atoms with van der Waals surface area (Å²) in [6, 6.07) is 1.66. The number of carbonyl (C=O) groups excluding carboxylic acids is 1. The second-order valence-electron chi connectivity index (χ2n) is 2.16. The highest BCUT2D eigenvalue weighted by atomic mass is 16.5. The molecule has 0 aliphatic carbocycles. The Hall–Kier alpha value is -1.30. The van der Waals surface area contributed by atoms with E-state index in [9.17, 15) is 4.79 Å². The van der Waals surface area contributed by atoms with Crippen LogP contribution in [0.2, 0.25) is 0 Å². The fourth-order valence-electron chi connectivity index (χ4n) is 0.607. The van der Waals surface area contributed by atoms with E-state index in [0.717, 1.165) is 0 Å². The first kappa shape index (κ1) is 6.24. The molecule has 66 valence electrons. The molecule has 0 N–H and O–H groups in total. The van der Waals surface area contributed by atoms with Crippen molar-refractivity contribution in [1.29, 1.82) is 5.26 Å². The van der Waals surface area contributed by atoms with E-state index in [4.69, 9.17) is 9.37 Å². The van der Waals surface area contributed by atoms with Crippen molar-refractivity contribution in [2.45, 2.75) is 27.1 Å². The van der Waals surface area contributed by atoms with Crippen LogP contribution in [0.5, 0.6) is 0 Å².